The van der Waals surface area contributed by atoms with Crippen molar-refractivity contribution in [2.75, 3.05) is 26.2 Å². The summed E-state index contributed by atoms with van der Waals surface area (Å²) in [6, 6.07) is 7.72. The van der Waals surface area contributed by atoms with Gasteiger partial charge in [0.1, 0.15) is 18.2 Å². The maximum absolute atomic E-state index is 13.3. The molecule has 5 nitrogen and oxygen atoms in total. The molecule has 168 valence electrons. The minimum atomic E-state index is -0.316. The van der Waals surface area contributed by atoms with Gasteiger partial charge in [-0.25, -0.2) is 4.39 Å². The predicted octanol–water partition coefficient (Wildman–Crippen LogP) is 4.68. The second-order valence-corrected chi connectivity index (χ2v) is 9.06. The van der Waals surface area contributed by atoms with E-state index in [-0.39, 0.29) is 36.8 Å². The Balaban J connectivity index is 1.75. The molecule has 1 aromatic carbocycles. The van der Waals surface area contributed by atoms with Gasteiger partial charge in [-0.05, 0) is 53.6 Å². The Morgan fingerprint density at radius 3 is 2.68 bits per heavy atom. The van der Waals surface area contributed by atoms with Crippen molar-refractivity contribution in [3.8, 4) is 5.75 Å². The lowest BCUT2D eigenvalue weighted by atomic mass is 10.00. The van der Waals surface area contributed by atoms with Crippen LogP contribution in [0.4, 0.5) is 4.39 Å². The third kappa shape index (κ3) is 5.85. The number of carbonyl (C=O) groups is 2. The summed E-state index contributed by atoms with van der Waals surface area (Å²) >= 11 is 1.69. The van der Waals surface area contributed by atoms with Crippen LogP contribution in [0.3, 0.4) is 0 Å². The third-order valence-corrected chi connectivity index (χ3v) is 6.84. The van der Waals surface area contributed by atoms with Gasteiger partial charge in [-0.2, -0.15) is 0 Å². The van der Waals surface area contributed by atoms with Crippen LogP contribution in [-0.4, -0.2) is 47.9 Å². The fourth-order valence-corrected chi connectivity index (χ4v) is 4.75. The normalized spacial score (nSPS) is 16.5. The Morgan fingerprint density at radius 2 is 2.00 bits per heavy atom. The molecule has 0 spiro atoms. The van der Waals surface area contributed by atoms with Crippen LogP contribution in [0.2, 0.25) is 0 Å². The standard InChI is InChI=1S/C24H31FN2O3S/c1-4-17(3)14-26(23(28)5-2)15-24(29)27-12-10-22-20(11-13-31-22)21(27)16-30-19-8-6-18(25)7-9-19/h6-9,11,13,17,21H,4-5,10,12,14-16H2,1-3H3/t17-,21-/m0/s1. The first kappa shape index (κ1) is 23.3. The summed E-state index contributed by atoms with van der Waals surface area (Å²) in [5.41, 5.74) is 1.10. The minimum Gasteiger partial charge on any atom is -0.491 e. The fourth-order valence-electron chi connectivity index (χ4n) is 3.82. The third-order valence-electron chi connectivity index (χ3n) is 5.85. The van der Waals surface area contributed by atoms with Crippen molar-refractivity contribution >= 4 is 23.2 Å². The van der Waals surface area contributed by atoms with E-state index in [1.54, 1.807) is 28.4 Å². The lowest BCUT2D eigenvalue weighted by molar-refractivity contribution is -0.143. The molecule has 0 saturated heterocycles. The predicted molar refractivity (Wildman–Crippen MR) is 121 cm³/mol. The van der Waals surface area contributed by atoms with Crippen molar-refractivity contribution in [3.63, 3.8) is 0 Å². The average molecular weight is 447 g/mol. The molecule has 0 saturated carbocycles. The Morgan fingerprint density at radius 1 is 1.26 bits per heavy atom. The first-order valence-electron chi connectivity index (χ1n) is 10.9. The molecule has 2 atom stereocenters. The van der Waals surface area contributed by atoms with Gasteiger partial charge in [0.25, 0.3) is 0 Å². The van der Waals surface area contributed by atoms with E-state index in [0.29, 0.717) is 31.2 Å². The molecule has 0 bridgehead atoms. The molecule has 1 aromatic heterocycles. The van der Waals surface area contributed by atoms with Crippen LogP contribution in [0, 0.1) is 11.7 Å². The highest BCUT2D eigenvalue weighted by atomic mass is 32.1. The Labute approximate surface area is 187 Å². The molecule has 2 heterocycles. The maximum atomic E-state index is 13.3. The molecule has 2 amide bonds. The molecule has 0 unspecified atom stereocenters. The Bertz CT molecular complexity index is 883. The molecule has 1 aliphatic heterocycles. The van der Waals surface area contributed by atoms with E-state index in [9.17, 15) is 14.0 Å². The van der Waals surface area contributed by atoms with Crippen molar-refractivity contribution in [2.24, 2.45) is 5.92 Å². The Hall–Kier alpha value is -2.41. The number of rotatable bonds is 9. The maximum Gasteiger partial charge on any atom is 0.242 e. The summed E-state index contributed by atoms with van der Waals surface area (Å²) in [5.74, 6) is 0.529. The minimum absolute atomic E-state index is 0.000920. The summed E-state index contributed by atoms with van der Waals surface area (Å²) in [5, 5.41) is 2.04. The molecule has 3 rings (SSSR count). The van der Waals surface area contributed by atoms with Crippen molar-refractivity contribution in [3.05, 3.63) is 52.0 Å². The summed E-state index contributed by atoms with van der Waals surface area (Å²) in [4.78, 5) is 30.6. The van der Waals surface area contributed by atoms with Gasteiger partial charge in [0.05, 0.1) is 12.6 Å². The lowest BCUT2D eigenvalue weighted by Crippen LogP contribution is -2.48. The quantitative estimate of drug-likeness (QED) is 0.562. The van der Waals surface area contributed by atoms with Crippen LogP contribution in [0.25, 0.3) is 0 Å². The topological polar surface area (TPSA) is 49.9 Å². The molecule has 2 aromatic rings. The van der Waals surface area contributed by atoms with Crippen molar-refractivity contribution in [2.45, 2.75) is 46.1 Å². The summed E-state index contributed by atoms with van der Waals surface area (Å²) in [6.07, 6.45) is 2.15. The van der Waals surface area contributed by atoms with Gasteiger partial charge >= 0.3 is 0 Å². The fraction of sp³-hybridized carbons (Fsp3) is 0.500. The van der Waals surface area contributed by atoms with Crippen molar-refractivity contribution in [1.29, 1.82) is 0 Å². The highest BCUT2D eigenvalue weighted by Gasteiger charge is 2.33. The van der Waals surface area contributed by atoms with Gasteiger partial charge in [0.2, 0.25) is 11.8 Å². The van der Waals surface area contributed by atoms with Gasteiger partial charge in [0.15, 0.2) is 0 Å². The van der Waals surface area contributed by atoms with Gasteiger partial charge in [-0.15, -0.1) is 11.3 Å². The van der Waals surface area contributed by atoms with Crippen molar-refractivity contribution < 1.29 is 18.7 Å². The zero-order chi connectivity index (χ0) is 22.4. The van der Waals surface area contributed by atoms with E-state index in [0.717, 1.165) is 18.4 Å². The molecule has 0 radical (unpaired) electrons. The molecular formula is C24H31FN2O3S. The van der Waals surface area contributed by atoms with Crippen LogP contribution in [0.5, 0.6) is 5.75 Å². The van der Waals surface area contributed by atoms with E-state index in [1.807, 2.05) is 23.3 Å². The number of amides is 2. The van der Waals surface area contributed by atoms with Crippen LogP contribution >= 0.6 is 11.3 Å². The molecular weight excluding hydrogens is 415 g/mol. The molecule has 0 aliphatic carbocycles. The number of halogens is 1. The smallest absolute Gasteiger partial charge is 0.242 e. The highest BCUT2D eigenvalue weighted by Crippen LogP contribution is 2.34. The Kier molecular flexibility index (Phi) is 8.07. The van der Waals surface area contributed by atoms with Gasteiger partial charge < -0.3 is 14.5 Å². The largest absolute Gasteiger partial charge is 0.491 e. The van der Waals surface area contributed by atoms with Gasteiger partial charge in [-0.1, -0.05) is 27.2 Å². The van der Waals surface area contributed by atoms with Crippen LogP contribution < -0.4 is 4.74 Å². The van der Waals surface area contributed by atoms with Crippen molar-refractivity contribution in [1.82, 2.24) is 9.80 Å². The molecule has 0 fully saturated rings. The van der Waals surface area contributed by atoms with E-state index >= 15 is 0 Å². The number of carbonyl (C=O) groups excluding carboxylic acids is 2. The number of ether oxygens (including phenoxy) is 1. The first-order valence-corrected chi connectivity index (χ1v) is 11.8. The monoisotopic (exact) mass is 446 g/mol. The zero-order valence-corrected chi connectivity index (χ0v) is 19.3. The first-order chi connectivity index (χ1) is 14.9. The number of hydrogen-bond donors (Lipinski definition) is 0. The SMILES string of the molecule is CCC(=O)N(CC(=O)N1CCc2sccc2[C@@H]1COc1ccc(F)cc1)C[C@@H](C)CC. The van der Waals surface area contributed by atoms with Gasteiger partial charge in [-0.3, -0.25) is 9.59 Å². The second-order valence-electron chi connectivity index (χ2n) is 8.06. The van der Waals surface area contributed by atoms with E-state index in [4.69, 9.17) is 4.74 Å². The van der Waals surface area contributed by atoms with E-state index < -0.39 is 0 Å². The molecule has 31 heavy (non-hydrogen) atoms. The summed E-state index contributed by atoms with van der Waals surface area (Å²) in [7, 11) is 0. The number of thiophene rings is 1. The lowest BCUT2D eigenvalue weighted by Gasteiger charge is -2.37. The van der Waals surface area contributed by atoms with E-state index in [1.165, 1.54) is 17.0 Å². The molecule has 1 aliphatic rings. The number of hydrogen-bond acceptors (Lipinski definition) is 4. The van der Waals surface area contributed by atoms with E-state index in [2.05, 4.69) is 13.8 Å². The summed E-state index contributed by atoms with van der Waals surface area (Å²) < 4.78 is 19.1. The van der Waals surface area contributed by atoms with Crippen LogP contribution in [0.1, 0.15) is 50.1 Å². The summed E-state index contributed by atoms with van der Waals surface area (Å²) in [6.45, 7) is 7.57. The number of benzene rings is 1. The highest BCUT2D eigenvalue weighted by molar-refractivity contribution is 7.10. The van der Waals surface area contributed by atoms with Gasteiger partial charge in [0, 0.05) is 24.4 Å². The van der Waals surface area contributed by atoms with Crippen LogP contribution in [0.15, 0.2) is 35.7 Å². The number of nitrogens with zero attached hydrogens (tertiary/aromatic N) is 2. The second kappa shape index (κ2) is 10.8. The number of fused-ring (bicyclic) bond motifs is 1. The average Bonchev–Trinajstić information content (AvgIpc) is 3.26. The van der Waals surface area contributed by atoms with Crippen LogP contribution in [-0.2, 0) is 16.0 Å². The zero-order valence-electron chi connectivity index (χ0n) is 18.5. The molecule has 0 N–H and O–H groups in total. The molecule has 7 heteroatoms.